The Morgan fingerprint density at radius 1 is 1.56 bits per heavy atom. The summed E-state index contributed by atoms with van der Waals surface area (Å²) in [6, 6.07) is 6.44. The van der Waals surface area contributed by atoms with Crippen LogP contribution in [0.25, 0.3) is 0 Å². The highest BCUT2D eigenvalue weighted by Gasteiger charge is 2.33. The zero-order chi connectivity index (χ0) is 11.9. The number of nitriles is 1. The van der Waals surface area contributed by atoms with Gasteiger partial charge in [-0.05, 0) is 18.2 Å². The summed E-state index contributed by atoms with van der Waals surface area (Å²) in [5.41, 5.74) is 0.584. The summed E-state index contributed by atoms with van der Waals surface area (Å²) < 4.78 is 24.6. The van der Waals surface area contributed by atoms with Crippen molar-refractivity contribution in [3.8, 4) is 6.07 Å². The number of rotatable bonds is 0. The van der Waals surface area contributed by atoms with E-state index in [1.807, 2.05) is 6.07 Å². The molecule has 84 valence electrons. The van der Waals surface area contributed by atoms with Gasteiger partial charge in [0, 0.05) is 11.5 Å². The lowest BCUT2D eigenvalue weighted by molar-refractivity contribution is 0.585. The molecule has 1 atom stereocenters. The fraction of sp³-hybridized carbons (Fsp3) is 0.300. The van der Waals surface area contributed by atoms with Gasteiger partial charge in [0.1, 0.15) is 6.04 Å². The molecule has 16 heavy (non-hydrogen) atoms. The van der Waals surface area contributed by atoms with Gasteiger partial charge in [0.05, 0.1) is 22.4 Å². The van der Waals surface area contributed by atoms with E-state index in [2.05, 4.69) is 15.9 Å². The molecular weight excluding hydrogens is 292 g/mol. The van der Waals surface area contributed by atoms with Gasteiger partial charge in [0.25, 0.3) is 0 Å². The van der Waals surface area contributed by atoms with E-state index in [0.29, 0.717) is 5.69 Å². The average molecular weight is 301 g/mol. The predicted molar refractivity (Wildman–Crippen MR) is 64.0 cm³/mol. The molecule has 1 aromatic carbocycles. The molecule has 1 unspecified atom stereocenters. The largest absolute Gasteiger partial charge is 0.357 e. The SMILES string of the molecule is CN1c2ccc(Br)cc2S(=O)(=O)CC1C#N. The van der Waals surface area contributed by atoms with Gasteiger partial charge in [-0.15, -0.1) is 0 Å². The van der Waals surface area contributed by atoms with Gasteiger partial charge in [-0.3, -0.25) is 0 Å². The fourth-order valence-corrected chi connectivity index (χ4v) is 3.97. The zero-order valence-electron chi connectivity index (χ0n) is 8.51. The molecule has 4 nitrogen and oxygen atoms in total. The first-order valence-corrected chi connectivity index (χ1v) is 7.05. The monoisotopic (exact) mass is 300 g/mol. The summed E-state index contributed by atoms with van der Waals surface area (Å²) in [7, 11) is -1.62. The van der Waals surface area contributed by atoms with Crippen molar-refractivity contribution in [2.45, 2.75) is 10.9 Å². The molecule has 1 aliphatic rings. The van der Waals surface area contributed by atoms with Crippen molar-refractivity contribution in [2.24, 2.45) is 0 Å². The third kappa shape index (κ3) is 1.70. The summed E-state index contributed by atoms with van der Waals surface area (Å²) in [6.07, 6.45) is 0. The van der Waals surface area contributed by atoms with Crippen LogP contribution in [-0.2, 0) is 9.84 Å². The molecule has 0 aliphatic carbocycles. The maximum absolute atomic E-state index is 11.9. The number of sulfone groups is 1. The van der Waals surface area contributed by atoms with Gasteiger partial charge in [0.15, 0.2) is 9.84 Å². The molecule has 0 spiro atoms. The number of hydrogen-bond acceptors (Lipinski definition) is 4. The van der Waals surface area contributed by atoms with E-state index < -0.39 is 15.9 Å². The number of fused-ring (bicyclic) bond motifs is 1. The minimum Gasteiger partial charge on any atom is -0.357 e. The normalized spacial score (nSPS) is 22.3. The molecule has 1 aliphatic heterocycles. The smallest absolute Gasteiger partial charge is 0.183 e. The standard InChI is InChI=1S/C10H9BrN2O2S/c1-13-8(5-12)6-16(14,15)10-4-7(11)2-3-9(10)13/h2-4,8H,6H2,1H3. The van der Waals surface area contributed by atoms with Crippen LogP contribution in [0.4, 0.5) is 5.69 Å². The van der Waals surface area contributed by atoms with Crippen LogP contribution in [0.1, 0.15) is 0 Å². The lowest BCUT2D eigenvalue weighted by Crippen LogP contribution is -2.41. The minimum atomic E-state index is -3.35. The zero-order valence-corrected chi connectivity index (χ0v) is 10.9. The van der Waals surface area contributed by atoms with Crippen LogP contribution in [-0.4, -0.2) is 27.3 Å². The van der Waals surface area contributed by atoms with E-state index in [1.165, 1.54) is 0 Å². The Kier molecular flexibility index (Phi) is 2.68. The molecular formula is C10H9BrN2O2S. The quantitative estimate of drug-likeness (QED) is 0.729. The molecule has 0 bridgehead atoms. The van der Waals surface area contributed by atoms with Gasteiger partial charge in [-0.1, -0.05) is 15.9 Å². The minimum absolute atomic E-state index is 0.149. The van der Waals surface area contributed by atoms with E-state index in [0.717, 1.165) is 4.47 Å². The Morgan fingerprint density at radius 2 is 2.25 bits per heavy atom. The van der Waals surface area contributed by atoms with Crippen molar-refractivity contribution < 1.29 is 8.42 Å². The number of anilines is 1. The van der Waals surface area contributed by atoms with Crippen LogP contribution >= 0.6 is 15.9 Å². The molecule has 0 saturated carbocycles. The van der Waals surface area contributed by atoms with Gasteiger partial charge in [0.2, 0.25) is 0 Å². The molecule has 0 saturated heterocycles. The molecule has 0 amide bonds. The summed E-state index contributed by atoms with van der Waals surface area (Å²) in [5, 5.41) is 8.91. The molecule has 0 fully saturated rings. The summed E-state index contributed by atoms with van der Waals surface area (Å²) in [6.45, 7) is 0. The lowest BCUT2D eigenvalue weighted by atomic mass is 10.2. The van der Waals surface area contributed by atoms with Crippen LogP contribution < -0.4 is 4.90 Å². The van der Waals surface area contributed by atoms with E-state index in [4.69, 9.17) is 5.26 Å². The number of hydrogen-bond donors (Lipinski definition) is 0. The van der Waals surface area contributed by atoms with Crippen molar-refractivity contribution in [1.82, 2.24) is 0 Å². The first-order chi connectivity index (χ1) is 7.45. The van der Waals surface area contributed by atoms with Crippen LogP contribution in [0.15, 0.2) is 27.6 Å². The molecule has 0 N–H and O–H groups in total. The highest BCUT2D eigenvalue weighted by Crippen LogP contribution is 2.34. The van der Waals surface area contributed by atoms with Crippen molar-refractivity contribution >= 4 is 31.5 Å². The third-order valence-electron chi connectivity index (χ3n) is 2.63. The molecule has 0 aromatic heterocycles. The average Bonchev–Trinajstić information content (AvgIpc) is 2.23. The molecule has 1 heterocycles. The van der Waals surface area contributed by atoms with E-state index >= 15 is 0 Å². The van der Waals surface area contributed by atoms with Crippen LogP contribution in [0.5, 0.6) is 0 Å². The maximum Gasteiger partial charge on any atom is 0.183 e. The molecule has 6 heteroatoms. The van der Waals surface area contributed by atoms with E-state index in [-0.39, 0.29) is 10.6 Å². The molecule has 1 aromatic rings. The maximum atomic E-state index is 11.9. The van der Waals surface area contributed by atoms with Gasteiger partial charge < -0.3 is 4.90 Å². The van der Waals surface area contributed by atoms with Crippen molar-refractivity contribution in [1.29, 1.82) is 5.26 Å². The van der Waals surface area contributed by atoms with E-state index in [9.17, 15) is 8.42 Å². The third-order valence-corrected chi connectivity index (χ3v) is 4.88. The first-order valence-electron chi connectivity index (χ1n) is 4.60. The first kappa shape index (κ1) is 11.4. The Morgan fingerprint density at radius 3 is 2.88 bits per heavy atom. The fourth-order valence-electron chi connectivity index (χ4n) is 1.73. The highest BCUT2D eigenvalue weighted by atomic mass is 79.9. The Labute approximate surface area is 103 Å². The van der Waals surface area contributed by atoms with Gasteiger partial charge in [-0.25, -0.2) is 8.42 Å². The van der Waals surface area contributed by atoms with Gasteiger partial charge >= 0.3 is 0 Å². The molecule has 0 radical (unpaired) electrons. The highest BCUT2D eigenvalue weighted by molar-refractivity contribution is 9.10. The summed E-state index contributed by atoms with van der Waals surface area (Å²) in [4.78, 5) is 1.99. The number of halogens is 1. The van der Waals surface area contributed by atoms with Gasteiger partial charge in [-0.2, -0.15) is 5.26 Å². The Hall–Kier alpha value is -1.06. The second-order valence-electron chi connectivity index (χ2n) is 3.65. The summed E-state index contributed by atoms with van der Waals surface area (Å²) >= 11 is 3.25. The van der Waals surface area contributed by atoms with Crippen molar-refractivity contribution in [2.75, 3.05) is 17.7 Å². The Bertz CT molecular complexity index is 577. The molecule has 2 rings (SSSR count). The lowest BCUT2D eigenvalue weighted by Gasteiger charge is -2.31. The van der Waals surface area contributed by atoms with Crippen molar-refractivity contribution in [3.05, 3.63) is 22.7 Å². The summed E-state index contributed by atoms with van der Waals surface area (Å²) in [5.74, 6) is -0.149. The van der Waals surface area contributed by atoms with Crippen LogP contribution in [0.3, 0.4) is 0 Å². The van der Waals surface area contributed by atoms with Crippen LogP contribution in [0.2, 0.25) is 0 Å². The predicted octanol–water partition coefficient (Wildman–Crippen LogP) is 1.56. The van der Waals surface area contributed by atoms with Crippen molar-refractivity contribution in [3.63, 3.8) is 0 Å². The van der Waals surface area contributed by atoms with Crippen LogP contribution in [0, 0.1) is 11.3 Å². The number of nitrogens with zero attached hydrogens (tertiary/aromatic N) is 2. The van der Waals surface area contributed by atoms with E-state index in [1.54, 1.807) is 30.1 Å². The Balaban J connectivity index is 2.69. The topological polar surface area (TPSA) is 61.2 Å². The second kappa shape index (κ2) is 3.75. The number of benzene rings is 1. The second-order valence-corrected chi connectivity index (χ2v) is 6.57.